The number of hydrogen-bond acceptors (Lipinski definition) is 4. The summed E-state index contributed by atoms with van der Waals surface area (Å²) < 4.78 is 14.2. The Balaban J connectivity index is 3.03. The van der Waals surface area contributed by atoms with E-state index in [0.29, 0.717) is 31.8 Å². The normalized spacial score (nSPS) is 30.8. The summed E-state index contributed by atoms with van der Waals surface area (Å²) in [6, 6.07) is 0.660. The van der Waals surface area contributed by atoms with Crippen molar-refractivity contribution in [3.05, 3.63) is 11.4 Å². The average Bonchev–Trinajstić information content (AvgIpc) is 2.42. The Labute approximate surface area is 136 Å². The lowest BCUT2D eigenvalue weighted by Gasteiger charge is -2.47. The quantitative estimate of drug-likeness (QED) is 0.442. The van der Waals surface area contributed by atoms with Gasteiger partial charge in [0.25, 0.3) is 0 Å². The number of nitrogens with zero attached hydrogens (tertiary/aromatic N) is 2. The van der Waals surface area contributed by atoms with Gasteiger partial charge >= 0.3 is 0 Å². The molecule has 1 heterocycles. The van der Waals surface area contributed by atoms with Crippen LogP contribution in [0.4, 0.5) is 0 Å². The second-order valence-corrected chi connectivity index (χ2v) is 8.50. The molecule has 22 heavy (non-hydrogen) atoms. The summed E-state index contributed by atoms with van der Waals surface area (Å²) in [5.74, 6) is 0.241. The van der Waals surface area contributed by atoms with Crippen molar-refractivity contribution in [3.8, 4) is 0 Å². The van der Waals surface area contributed by atoms with Crippen LogP contribution in [0.15, 0.2) is 0 Å². The van der Waals surface area contributed by atoms with Crippen LogP contribution in [0.25, 0.3) is 4.85 Å². The van der Waals surface area contributed by atoms with E-state index >= 15 is 0 Å². The summed E-state index contributed by atoms with van der Waals surface area (Å²) in [6.07, 6.45) is -0.695. The van der Waals surface area contributed by atoms with E-state index in [9.17, 15) is 5.11 Å². The molecule has 0 saturated carbocycles. The number of aliphatic hydroxyl groups is 1. The van der Waals surface area contributed by atoms with E-state index in [0.717, 1.165) is 0 Å². The SMILES string of the molecule is [C-]#[N+]CCO[P@](C1C(O)[C@H](C)OC[C@@H]1C)N(C(C)C)C(C)C. The van der Waals surface area contributed by atoms with Crippen LogP contribution in [0, 0.1) is 12.5 Å². The maximum absolute atomic E-state index is 10.7. The fourth-order valence-corrected chi connectivity index (χ4v) is 5.82. The van der Waals surface area contributed by atoms with E-state index in [2.05, 4.69) is 44.1 Å². The molecule has 6 heteroatoms. The molecule has 1 fully saturated rings. The average molecular weight is 330 g/mol. The number of rotatable bonds is 7. The molecule has 0 amide bonds. The molecular formula is C16H31N2O3P. The fraction of sp³-hybridized carbons (Fsp3) is 0.938. The molecule has 5 atom stereocenters. The Morgan fingerprint density at radius 1 is 1.32 bits per heavy atom. The van der Waals surface area contributed by atoms with Crippen molar-refractivity contribution in [1.29, 1.82) is 0 Å². The Kier molecular flexibility index (Phi) is 8.24. The van der Waals surface area contributed by atoms with Gasteiger partial charge in [0, 0.05) is 12.1 Å². The van der Waals surface area contributed by atoms with Crippen molar-refractivity contribution in [1.82, 2.24) is 4.67 Å². The van der Waals surface area contributed by atoms with Crippen molar-refractivity contribution in [3.63, 3.8) is 0 Å². The molecule has 0 aromatic heterocycles. The first kappa shape index (κ1) is 19.8. The van der Waals surface area contributed by atoms with Crippen molar-refractivity contribution in [2.45, 2.75) is 71.5 Å². The largest absolute Gasteiger partial charge is 0.390 e. The summed E-state index contributed by atoms with van der Waals surface area (Å²) in [4.78, 5) is 3.38. The molecule has 0 spiro atoms. The zero-order chi connectivity index (χ0) is 16.9. The van der Waals surface area contributed by atoms with Crippen molar-refractivity contribution >= 4 is 8.30 Å². The van der Waals surface area contributed by atoms with Crippen molar-refractivity contribution in [2.24, 2.45) is 5.92 Å². The van der Waals surface area contributed by atoms with Gasteiger partial charge in [0.1, 0.15) is 14.9 Å². The maximum Gasteiger partial charge on any atom is 0.238 e. The zero-order valence-corrected chi connectivity index (χ0v) is 15.6. The Hall–Kier alpha value is -0.240. The van der Waals surface area contributed by atoms with E-state index in [1.54, 1.807) is 0 Å². The minimum Gasteiger partial charge on any atom is -0.390 e. The van der Waals surface area contributed by atoms with E-state index in [1.165, 1.54) is 0 Å². The molecule has 1 aliphatic heterocycles. The van der Waals surface area contributed by atoms with Gasteiger partial charge in [-0.1, -0.05) is 6.92 Å². The zero-order valence-electron chi connectivity index (χ0n) is 14.7. The van der Waals surface area contributed by atoms with E-state index in [1.807, 2.05) is 6.92 Å². The highest BCUT2D eigenvalue weighted by atomic mass is 31.2. The van der Waals surface area contributed by atoms with Crippen LogP contribution >= 0.6 is 8.30 Å². The summed E-state index contributed by atoms with van der Waals surface area (Å²) in [5, 5.41) is 10.7. The summed E-state index contributed by atoms with van der Waals surface area (Å²) in [5.41, 5.74) is 0.0503. The Morgan fingerprint density at radius 2 is 1.91 bits per heavy atom. The van der Waals surface area contributed by atoms with Crippen LogP contribution in [0.3, 0.4) is 0 Å². The van der Waals surface area contributed by atoms with Gasteiger partial charge in [-0.25, -0.2) is 6.57 Å². The fourth-order valence-electron chi connectivity index (χ4n) is 3.00. The molecule has 1 saturated heterocycles. The van der Waals surface area contributed by atoms with Crippen molar-refractivity contribution < 1.29 is 14.4 Å². The van der Waals surface area contributed by atoms with Crippen molar-refractivity contribution in [2.75, 3.05) is 19.8 Å². The Bertz CT molecular complexity index is 365. The van der Waals surface area contributed by atoms with Gasteiger partial charge in [0.15, 0.2) is 0 Å². The van der Waals surface area contributed by atoms with E-state index < -0.39 is 14.4 Å². The molecule has 0 aromatic carbocycles. The molecule has 0 radical (unpaired) electrons. The third kappa shape index (κ3) is 4.88. The predicted octanol–water partition coefficient (Wildman–Crippen LogP) is 3.14. The molecule has 0 aliphatic carbocycles. The van der Waals surface area contributed by atoms with Gasteiger partial charge < -0.3 is 19.2 Å². The van der Waals surface area contributed by atoms with Gasteiger partial charge in [-0.3, -0.25) is 4.67 Å². The molecule has 0 bridgehead atoms. The highest BCUT2D eigenvalue weighted by Gasteiger charge is 2.44. The highest BCUT2D eigenvalue weighted by Crippen LogP contribution is 2.54. The lowest BCUT2D eigenvalue weighted by Crippen LogP contribution is -2.50. The highest BCUT2D eigenvalue weighted by molar-refractivity contribution is 7.51. The topological polar surface area (TPSA) is 46.3 Å². The summed E-state index contributed by atoms with van der Waals surface area (Å²) in [6.45, 7) is 21.1. The van der Waals surface area contributed by atoms with Gasteiger partial charge in [0.2, 0.25) is 6.54 Å². The summed E-state index contributed by atoms with van der Waals surface area (Å²) in [7, 11) is -0.978. The van der Waals surface area contributed by atoms with Gasteiger partial charge in [0.05, 0.1) is 24.5 Å². The smallest absolute Gasteiger partial charge is 0.238 e. The first-order valence-corrected chi connectivity index (χ1v) is 9.42. The van der Waals surface area contributed by atoms with Crippen LogP contribution < -0.4 is 0 Å². The molecule has 1 aliphatic rings. The minimum atomic E-state index is -0.978. The second kappa shape index (κ2) is 9.15. The van der Waals surface area contributed by atoms with Gasteiger partial charge in [-0.15, -0.1) is 0 Å². The molecule has 2 unspecified atom stereocenters. The number of ether oxygens (including phenoxy) is 1. The summed E-state index contributed by atoms with van der Waals surface area (Å²) >= 11 is 0. The number of aliphatic hydroxyl groups excluding tert-OH is 1. The van der Waals surface area contributed by atoms with Crippen LogP contribution in [0.5, 0.6) is 0 Å². The van der Waals surface area contributed by atoms with Gasteiger partial charge in [-0.2, -0.15) is 0 Å². The first-order valence-electron chi connectivity index (χ1n) is 8.14. The third-order valence-electron chi connectivity index (χ3n) is 4.00. The number of hydrogen-bond donors (Lipinski definition) is 1. The molecular weight excluding hydrogens is 299 g/mol. The van der Waals surface area contributed by atoms with Crippen LogP contribution in [-0.2, 0) is 9.26 Å². The first-order chi connectivity index (χ1) is 10.3. The van der Waals surface area contributed by atoms with E-state index in [-0.39, 0.29) is 17.7 Å². The van der Waals surface area contributed by atoms with Crippen LogP contribution in [-0.4, -0.2) is 59.5 Å². The maximum atomic E-state index is 10.7. The molecule has 128 valence electrons. The molecule has 0 aromatic rings. The third-order valence-corrected chi connectivity index (χ3v) is 7.15. The molecule has 1 rings (SSSR count). The standard InChI is InChI=1S/C16H31N2O3P/c1-11(2)18(12(3)4)22(21-9-8-17-7)16-13(5)10-20-14(6)15(16)19/h11-16,19H,8-10H2,1-6H3/t13-,14-,15?,16?,22+/m0/s1. The molecule has 1 N–H and O–H groups in total. The van der Waals surface area contributed by atoms with Gasteiger partial charge in [-0.05, 0) is 40.5 Å². The van der Waals surface area contributed by atoms with Crippen LogP contribution in [0.1, 0.15) is 41.5 Å². The monoisotopic (exact) mass is 330 g/mol. The van der Waals surface area contributed by atoms with Crippen LogP contribution in [0.2, 0.25) is 0 Å². The lowest BCUT2D eigenvalue weighted by atomic mass is 9.97. The second-order valence-electron chi connectivity index (χ2n) is 6.58. The van der Waals surface area contributed by atoms with E-state index in [4.69, 9.17) is 15.8 Å². The predicted molar refractivity (Wildman–Crippen MR) is 90.8 cm³/mol. The Morgan fingerprint density at radius 3 is 2.41 bits per heavy atom. The molecule has 5 nitrogen and oxygen atoms in total. The minimum absolute atomic E-state index is 0.0503. The lowest BCUT2D eigenvalue weighted by molar-refractivity contribution is -0.0844.